The number of ether oxygens (including phenoxy) is 1. The van der Waals surface area contributed by atoms with Crippen LogP contribution >= 0.6 is 0 Å². The highest BCUT2D eigenvalue weighted by Gasteiger charge is 2.25. The van der Waals surface area contributed by atoms with Gasteiger partial charge in [0.1, 0.15) is 6.10 Å². The predicted molar refractivity (Wildman–Crippen MR) is 74.9 cm³/mol. The van der Waals surface area contributed by atoms with Gasteiger partial charge >= 0.3 is 0 Å². The van der Waals surface area contributed by atoms with Gasteiger partial charge in [0.25, 0.3) is 6.47 Å². The Morgan fingerprint density at radius 3 is 2.53 bits per heavy atom. The summed E-state index contributed by atoms with van der Waals surface area (Å²) in [5, 5.41) is 0. The zero-order valence-electron chi connectivity index (χ0n) is 11.3. The molecule has 0 bridgehead atoms. The van der Waals surface area contributed by atoms with E-state index in [1.807, 2.05) is 43.5 Å². The fourth-order valence-electron chi connectivity index (χ4n) is 2.48. The molecule has 0 aliphatic carbocycles. The first-order valence-electron chi connectivity index (χ1n) is 6.55. The van der Waals surface area contributed by atoms with Gasteiger partial charge in [-0.1, -0.05) is 37.3 Å². The van der Waals surface area contributed by atoms with Crippen LogP contribution < -0.4 is 0 Å². The molecule has 1 N–H and O–H groups in total. The van der Waals surface area contributed by atoms with Gasteiger partial charge in [-0.15, -0.1) is 0 Å². The summed E-state index contributed by atoms with van der Waals surface area (Å²) < 4.78 is 5.35. The fraction of sp³-hybridized carbons (Fsp3) is 0.312. The van der Waals surface area contributed by atoms with Gasteiger partial charge in [-0.25, -0.2) is 0 Å². The van der Waals surface area contributed by atoms with Gasteiger partial charge in [0.15, 0.2) is 0 Å². The second-order valence-corrected chi connectivity index (χ2v) is 4.69. The molecule has 0 aliphatic rings. The summed E-state index contributed by atoms with van der Waals surface area (Å²) in [5.74, 6) is 0.164. The van der Waals surface area contributed by atoms with Crippen LogP contribution in [0.4, 0.5) is 0 Å². The number of nitrogens with one attached hydrogen (secondary N) is 1. The lowest BCUT2D eigenvalue weighted by Crippen LogP contribution is -2.13. The number of hydrogen-bond acceptors (Lipinski definition) is 2. The molecule has 0 saturated carbocycles. The van der Waals surface area contributed by atoms with E-state index in [1.54, 1.807) is 0 Å². The van der Waals surface area contributed by atoms with Gasteiger partial charge in [-0.05, 0) is 30.5 Å². The van der Waals surface area contributed by atoms with E-state index in [2.05, 4.69) is 18.0 Å². The van der Waals surface area contributed by atoms with Crippen LogP contribution in [0.15, 0.2) is 42.6 Å². The van der Waals surface area contributed by atoms with Crippen LogP contribution in [0.2, 0.25) is 0 Å². The molecule has 19 heavy (non-hydrogen) atoms. The number of aryl methyl sites for hydroxylation is 1. The first kappa shape index (κ1) is 13.4. The zero-order valence-corrected chi connectivity index (χ0v) is 11.3. The molecule has 1 aromatic heterocycles. The number of carbonyl (C=O) groups is 1. The van der Waals surface area contributed by atoms with E-state index in [4.69, 9.17) is 4.74 Å². The normalized spacial score (nSPS) is 13.8. The van der Waals surface area contributed by atoms with Gasteiger partial charge in [0, 0.05) is 17.8 Å². The number of aromatic amines is 1. The van der Waals surface area contributed by atoms with Crippen molar-refractivity contribution >= 4 is 6.47 Å². The average Bonchev–Trinajstić information content (AvgIpc) is 2.86. The van der Waals surface area contributed by atoms with E-state index >= 15 is 0 Å². The Bertz CT molecular complexity index is 519. The largest absolute Gasteiger partial charge is 0.459 e. The monoisotopic (exact) mass is 257 g/mol. The van der Waals surface area contributed by atoms with Gasteiger partial charge in [-0.2, -0.15) is 0 Å². The highest BCUT2D eigenvalue weighted by Crippen LogP contribution is 2.36. The maximum atomic E-state index is 10.8. The molecule has 2 unspecified atom stereocenters. The molecule has 0 fully saturated rings. The fourth-order valence-corrected chi connectivity index (χ4v) is 2.48. The van der Waals surface area contributed by atoms with Crippen LogP contribution in [0.25, 0.3) is 0 Å². The van der Waals surface area contributed by atoms with Gasteiger partial charge in [-0.3, -0.25) is 4.79 Å². The third-order valence-corrected chi connectivity index (χ3v) is 3.41. The summed E-state index contributed by atoms with van der Waals surface area (Å²) in [5.41, 5.74) is 3.32. The van der Waals surface area contributed by atoms with E-state index in [0.717, 1.165) is 17.7 Å². The average molecular weight is 257 g/mol. The summed E-state index contributed by atoms with van der Waals surface area (Å²) in [4.78, 5) is 14.0. The maximum Gasteiger partial charge on any atom is 0.293 e. The summed E-state index contributed by atoms with van der Waals surface area (Å²) in [7, 11) is 0. The zero-order chi connectivity index (χ0) is 13.7. The second kappa shape index (κ2) is 6.23. The van der Waals surface area contributed by atoms with Gasteiger partial charge in [0.2, 0.25) is 0 Å². The first-order chi connectivity index (χ1) is 9.26. The summed E-state index contributed by atoms with van der Waals surface area (Å²) in [6.45, 7) is 4.67. The minimum atomic E-state index is -0.237. The predicted octanol–water partition coefficient (Wildman–Crippen LogP) is 3.73. The van der Waals surface area contributed by atoms with Crippen molar-refractivity contribution in [2.45, 2.75) is 32.3 Å². The molecule has 1 aromatic carbocycles. The minimum Gasteiger partial charge on any atom is -0.459 e. The van der Waals surface area contributed by atoms with Crippen molar-refractivity contribution in [2.75, 3.05) is 0 Å². The second-order valence-electron chi connectivity index (χ2n) is 4.69. The van der Waals surface area contributed by atoms with Crippen LogP contribution in [0.1, 0.15) is 42.2 Å². The maximum absolute atomic E-state index is 10.8. The van der Waals surface area contributed by atoms with Gasteiger partial charge < -0.3 is 9.72 Å². The Kier molecular flexibility index (Phi) is 4.39. The van der Waals surface area contributed by atoms with Crippen LogP contribution in [0.3, 0.4) is 0 Å². The Balaban J connectivity index is 2.33. The van der Waals surface area contributed by atoms with Crippen molar-refractivity contribution in [3.63, 3.8) is 0 Å². The van der Waals surface area contributed by atoms with Crippen molar-refractivity contribution in [1.29, 1.82) is 0 Å². The van der Waals surface area contributed by atoms with Crippen LogP contribution in [0, 0.1) is 6.92 Å². The quantitative estimate of drug-likeness (QED) is 0.801. The van der Waals surface area contributed by atoms with Crippen molar-refractivity contribution in [3.8, 4) is 0 Å². The number of benzene rings is 1. The molecule has 2 aromatic rings. The van der Waals surface area contributed by atoms with Crippen molar-refractivity contribution in [2.24, 2.45) is 0 Å². The topological polar surface area (TPSA) is 42.1 Å². The molecule has 3 nitrogen and oxygen atoms in total. The molecular formula is C16H19NO2. The summed E-state index contributed by atoms with van der Waals surface area (Å²) in [6, 6.07) is 12.0. The Morgan fingerprint density at radius 1 is 1.26 bits per heavy atom. The SMILES string of the molecule is CCC(c1c[nH]c(C)c1)C(OC=O)c1ccccc1. The minimum absolute atomic E-state index is 0.164. The van der Waals surface area contributed by atoms with E-state index in [-0.39, 0.29) is 12.0 Å². The smallest absolute Gasteiger partial charge is 0.293 e. The number of hydrogen-bond donors (Lipinski definition) is 1. The Labute approximate surface area is 113 Å². The standard InChI is InChI=1S/C16H19NO2/c1-3-15(14-9-12(2)17-10-14)16(19-11-18)13-7-5-4-6-8-13/h4-11,15-17H,3H2,1-2H3. The highest BCUT2D eigenvalue weighted by molar-refractivity contribution is 5.40. The van der Waals surface area contributed by atoms with Crippen LogP contribution in [0.5, 0.6) is 0 Å². The Hall–Kier alpha value is -2.03. The number of H-pyrrole nitrogens is 1. The van der Waals surface area contributed by atoms with Crippen molar-refractivity contribution in [3.05, 3.63) is 59.4 Å². The third-order valence-electron chi connectivity index (χ3n) is 3.41. The van der Waals surface area contributed by atoms with Crippen LogP contribution in [-0.4, -0.2) is 11.5 Å². The van der Waals surface area contributed by atoms with Crippen molar-refractivity contribution in [1.82, 2.24) is 4.98 Å². The number of carbonyl (C=O) groups excluding carboxylic acids is 1. The molecular weight excluding hydrogens is 238 g/mol. The third kappa shape index (κ3) is 3.05. The molecule has 3 heteroatoms. The van der Waals surface area contributed by atoms with E-state index in [1.165, 1.54) is 5.56 Å². The van der Waals surface area contributed by atoms with Crippen molar-refractivity contribution < 1.29 is 9.53 Å². The lowest BCUT2D eigenvalue weighted by molar-refractivity contribution is -0.135. The van der Waals surface area contributed by atoms with E-state index < -0.39 is 0 Å². The van der Waals surface area contributed by atoms with Gasteiger partial charge in [0.05, 0.1) is 0 Å². The molecule has 0 aliphatic heterocycles. The molecule has 0 spiro atoms. The van der Waals surface area contributed by atoms with E-state index in [0.29, 0.717) is 6.47 Å². The molecule has 100 valence electrons. The number of rotatable bonds is 6. The molecule has 2 atom stereocenters. The lowest BCUT2D eigenvalue weighted by Gasteiger charge is -2.24. The summed E-state index contributed by atoms with van der Waals surface area (Å²) in [6.07, 6.45) is 2.66. The molecule has 1 heterocycles. The lowest BCUT2D eigenvalue weighted by atomic mass is 9.88. The highest BCUT2D eigenvalue weighted by atomic mass is 16.5. The molecule has 2 rings (SSSR count). The summed E-state index contributed by atoms with van der Waals surface area (Å²) >= 11 is 0. The molecule has 0 saturated heterocycles. The van der Waals surface area contributed by atoms with Crippen LogP contribution in [-0.2, 0) is 9.53 Å². The molecule has 0 radical (unpaired) electrons. The molecule has 0 amide bonds. The first-order valence-corrected chi connectivity index (χ1v) is 6.55. The Morgan fingerprint density at radius 2 is 2.00 bits per heavy atom. The number of aromatic nitrogens is 1. The van der Waals surface area contributed by atoms with E-state index in [9.17, 15) is 4.79 Å².